The standard InChI is InChI=1S/C32H31ClFN5O3/c1-3-31(18-33)27(40)25(34)30(42-31)39-20-37-26-28(35-19-36-29(26)39)38-32(21-10-6-4-7-11-21,22-12-8-5-9-13-22)23-14-16-24(41-2)17-15-23/h4-17,19-20,25,27,30,40H,3,18H2,1-2H3,(H,35,36,38)/t25-,27+,30-,31+/m1/s1. The van der Waals surface area contributed by atoms with E-state index in [0.29, 0.717) is 23.4 Å². The number of aliphatic hydroxyl groups excluding tert-OH is 1. The number of halogens is 2. The van der Waals surface area contributed by atoms with Crippen molar-refractivity contribution in [3.63, 3.8) is 0 Å². The number of rotatable bonds is 9. The molecule has 0 radical (unpaired) electrons. The smallest absolute Gasteiger partial charge is 0.174 e. The summed E-state index contributed by atoms with van der Waals surface area (Å²) in [4.78, 5) is 13.7. The third kappa shape index (κ3) is 4.48. The maximum Gasteiger partial charge on any atom is 0.174 e. The van der Waals surface area contributed by atoms with Crippen LogP contribution in [0.4, 0.5) is 10.2 Å². The van der Waals surface area contributed by atoms with E-state index in [0.717, 1.165) is 22.4 Å². The highest BCUT2D eigenvalue weighted by molar-refractivity contribution is 6.18. The van der Waals surface area contributed by atoms with Gasteiger partial charge in [-0.1, -0.05) is 79.7 Å². The second kappa shape index (κ2) is 11.3. The number of anilines is 1. The molecule has 0 aliphatic carbocycles. The monoisotopic (exact) mass is 587 g/mol. The van der Waals surface area contributed by atoms with E-state index in [2.05, 4.69) is 44.5 Å². The van der Waals surface area contributed by atoms with E-state index in [1.807, 2.05) is 67.6 Å². The van der Waals surface area contributed by atoms with E-state index in [4.69, 9.17) is 21.1 Å². The summed E-state index contributed by atoms with van der Waals surface area (Å²) in [5, 5.41) is 14.4. The van der Waals surface area contributed by atoms with Crippen molar-refractivity contribution in [3.05, 3.63) is 114 Å². The molecule has 1 fully saturated rings. The Balaban J connectivity index is 1.52. The van der Waals surface area contributed by atoms with Gasteiger partial charge in [0.2, 0.25) is 0 Å². The van der Waals surface area contributed by atoms with Crippen LogP contribution in [-0.4, -0.2) is 55.5 Å². The minimum atomic E-state index is -1.72. The Morgan fingerprint density at radius 2 is 1.60 bits per heavy atom. The molecule has 6 rings (SSSR count). The van der Waals surface area contributed by atoms with Gasteiger partial charge in [-0.3, -0.25) is 4.57 Å². The molecule has 8 nitrogen and oxygen atoms in total. The summed E-state index contributed by atoms with van der Waals surface area (Å²) in [5.41, 5.74) is 1.54. The van der Waals surface area contributed by atoms with Crippen LogP contribution in [0.3, 0.4) is 0 Å². The SMILES string of the molecule is CC[C@@]1(CCl)O[C@@H](n2cnc3c(NC(c4ccccc4)(c4ccccc4)c4ccc(OC)cc4)ncnc32)[C@H](F)[C@@H]1O. The third-order valence-corrected chi connectivity index (χ3v) is 8.62. The fraction of sp³-hybridized carbons (Fsp3) is 0.281. The molecule has 2 aromatic heterocycles. The maximum atomic E-state index is 15.5. The Morgan fingerprint density at radius 3 is 2.14 bits per heavy atom. The van der Waals surface area contributed by atoms with E-state index in [1.165, 1.54) is 17.2 Å². The molecule has 3 aromatic carbocycles. The average molecular weight is 588 g/mol. The molecule has 3 heterocycles. The lowest BCUT2D eigenvalue weighted by Crippen LogP contribution is -2.43. The Labute approximate surface area is 248 Å². The van der Waals surface area contributed by atoms with Gasteiger partial charge in [-0.25, -0.2) is 19.3 Å². The molecule has 0 spiro atoms. The van der Waals surface area contributed by atoms with Crippen LogP contribution in [0.1, 0.15) is 36.3 Å². The van der Waals surface area contributed by atoms with Gasteiger partial charge in [0.1, 0.15) is 29.3 Å². The number of imidazole rings is 1. The number of nitrogens with zero attached hydrogens (tertiary/aromatic N) is 4. The summed E-state index contributed by atoms with van der Waals surface area (Å²) < 4.78 is 28.5. The van der Waals surface area contributed by atoms with Gasteiger partial charge >= 0.3 is 0 Å². The number of aliphatic hydroxyl groups is 1. The van der Waals surface area contributed by atoms with Crippen LogP contribution < -0.4 is 10.1 Å². The Bertz CT molecular complexity index is 1610. The zero-order valence-corrected chi connectivity index (χ0v) is 23.9. The number of methoxy groups -OCH3 is 1. The average Bonchev–Trinajstić information content (AvgIpc) is 3.60. The van der Waals surface area contributed by atoms with Crippen molar-refractivity contribution in [3.8, 4) is 5.75 Å². The van der Waals surface area contributed by atoms with Crippen LogP contribution >= 0.6 is 11.6 Å². The molecule has 0 amide bonds. The highest BCUT2D eigenvalue weighted by Gasteiger charge is 2.55. The Kier molecular flexibility index (Phi) is 7.57. The highest BCUT2D eigenvalue weighted by atomic mass is 35.5. The third-order valence-electron chi connectivity index (χ3n) is 8.17. The number of hydrogen-bond donors (Lipinski definition) is 2. The summed E-state index contributed by atoms with van der Waals surface area (Å²) in [6, 6.07) is 28.0. The van der Waals surface area contributed by atoms with E-state index in [9.17, 15) is 5.11 Å². The minimum Gasteiger partial charge on any atom is -0.497 e. The van der Waals surface area contributed by atoms with E-state index in [1.54, 1.807) is 7.11 Å². The molecule has 1 aliphatic rings. The van der Waals surface area contributed by atoms with Crippen molar-refractivity contribution < 1.29 is 19.0 Å². The van der Waals surface area contributed by atoms with Crippen LogP contribution in [0.25, 0.3) is 11.2 Å². The van der Waals surface area contributed by atoms with Crippen molar-refractivity contribution in [1.29, 1.82) is 0 Å². The van der Waals surface area contributed by atoms with Crippen molar-refractivity contribution >= 4 is 28.6 Å². The van der Waals surface area contributed by atoms with Crippen LogP contribution in [0.2, 0.25) is 0 Å². The van der Waals surface area contributed by atoms with Gasteiger partial charge in [0.25, 0.3) is 0 Å². The molecule has 4 atom stereocenters. The van der Waals surface area contributed by atoms with Crippen molar-refractivity contribution in [2.75, 3.05) is 18.3 Å². The molecule has 1 saturated heterocycles. The van der Waals surface area contributed by atoms with Crippen LogP contribution in [0, 0.1) is 0 Å². The van der Waals surface area contributed by atoms with Gasteiger partial charge in [0.15, 0.2) is 29.4 Å². The zero-order valence-electron chi connectivity index (χ0n) is 23.2. The predicted molar refractivity (Wildman–Crippen MR) is 159 cm³/mol. The molecule has 1 aliphatic heterocycles. The van der Waals surface area contributed by atoms with Crippen LogP contribution in [-0.2, 0) is 10.3 Å². The number of ether oxygens (including phenoxy) is 2. The lowest BCUT2D eigenvalue weighted by atomic mass is 9.77. The summed E-state index contributed by atoms with van der Waals surface area (Å²) in [5.74, 6) is 1.13. The fourth-order valence-corrected chi connectivity index (χ4v) is 6.18. The van der Waals surface area contributed by atoms with Crippen molar-refractivity contribution in [1.82, 2.24) is 19.5 Å². The molecule has 42 heavy (non-hydrogen) atoms. The first-order valence-corrected chi connectivity index (χ1v) is 14.3. The van der Waals surface area contributed by atoms with Gasteiger partial charge in [0, 0.05) is 0 Å². The molecule has 0 saturated carbocycles. The normalized spacial score (nSPS) is 22.4. The molecule has 10 heteroatoms. The molecule has 0 bridgehead atoms. The van der Waals surface area contributed by atoms with E-state index in [-0.39, 0.29) is 5.88 Å². The summed E-state index contributed by atoms with van der Waals surface area (Å²) in [7, 11) is 1.63. The quantitative estimate of drug-likeness (QED) is 0.165. The van der Waals surface area contributed by atoms with Gasteiger partial charge < -0.3 is 19.9 Å². The molecular formula is C32H31ClFN5O3. The lowest BCUT2D eigenvalue weighted by molar-refractivity contribution is -0.0896. The number of nitrogens with one attached hydrogen (secondary N) is 1. The predicted octanol–water partition coefficient (Wildman–Crippen LogP) is 5.85. The number of hydrogen-bond acceptors (Lipinski definition) is 7. The second-order valence-electron chi connectivity index (χ2n) is 10.3. The van der Waals surface area contributed by atoms with Gasteiger partial charge in [0.05, 0.1) is 19.3 Å². The Morgan fingerprint density at radius 1 is 0.976 bits per heavy atom. The number of alkyl halides is 2. The molecule has 2 N–H and O–H groups in total. The summed E-state index contributed by atoms with van der Waals surface area (Å²) in [6.07, 6.45) is -1.04. The first kappa shape index (κ1) is 28.1. The van der Waals surface area contributed by atoms with Gasteiger partial charge in [-0.2, -0.15) is 0 Å². The maximum absolute atomic E-state index is 15.5. The fourth-order valence-electron chi connectivity index (χ4n) is 5.77. The number of fused-ring (bicyclic) bond motifs is 1. The van der Waals surface area contributed by atoms with E-state index < -0.39 is 29.6 Å². The van der Waals surface area contributed by atoms with Crippen molar-refractivity contribution in [2.24, 2.45) is 0 Å². The van der Waals surface area contributed by atoms with Gasteiger partial charge in [-0.05, 0) is 35.2 Å². The largest absolute Gasteiger partial charge is 0.497 e. The molecular weight excluding hydrogens is 557 g/mol. The lowest BCUT2D eigenvalue weighted by Gasteiger charge is -2.37. The van der Waals surface area contributed by atoms with Crippen LogP contribution in [0.15, 0.2) is 97.6 Å². The Hall–Kier alpha value is -4.05. The van der Waals surface area contributed by atoms with Crippen LogP contribution in [0.5, 0.6) is 5.75 Å². The highest BCUT2D eigenvalue weighted by Crippen LogP contribution is 2.44. The summed E-state index contributed by atoms with van der Waals surface area (Å²) >= 11 is 6.14. The molecule has 0 unspecified atom stereocenters. The van der Waals surface area contributed by atoms with Gasteiger partial charge in [-0.15, -0.1) is 11.6 Å². The number of aromatic nitrogens is 4. The molecule has 5 aromatic rings. The first-order chi connectivity index (χ1) is 20.5. The topological polar surface area (TPSA) is 94.3 Å². The first-order valence-electron chi connectivity index (χ1n) is 13.7. The minimum absolute atomic E-state index is 0.0471. The second-order valence-corrected chi connectivity index (χ2v) is 10.6. The number of benzene rings is 3. The van der Waals surface area contributed by atoms with Crippen molar-refractivity contribution in [2.45, 2.75) is 43.0 Å². The zero-order chi connectivity index (χ0) is 29.3. The summed E-state index contributed by atoms with van der Waals surface area (Å²) in [6.45, 7) is 1.81. The van der Waals surface area contributed by atoms with E-state index >= 15 is 4.39 Å². The molecule has 216 valence electrons.